The summed E-state index contributed by atoms with van der Waals surface area (Å²) in [7, 11) is -4.35. The Hall–Kier alpha value is -1.44. The van der Waals surface area contributed by atoms with Gasteiger partial charge in [0.15, 0.2) is 0 Å². The summed E-state index contributed by atoms with van der Waals surface area (Å²) < 4.78 is 32.2. The second kappa shape index (κ2) is 28.7. The molecule has 2 atom stereocenters. The molecular formula is C34H63NO5S. The largest absolute Gasteiger partial charge is 0.387 e. The molecule has 0 aliphatic heterocycles. The second-order valence-electron chi connectivity index (χ2n) is 11.4. The van der Waals surface area contributed by atoms with Gasteiger partial charge in [0.2, 0.25) is 5.91 Å². The third-order valence-corrected chi connectivity index (χ3v) is 8.07. The number of amides is 1. The fraction of sp³-hybridized carbons (Fsp3) is 0.794. The highest BCUT2D eigenvalue weighted by Gasteiger charge is 2.24. The number of hydrogen-bond acceptors (Lipinski definition) is 4. The van der Waals surface area contributed by atoms with Crippen molar-refractivity contribution < 1.29 is 22.9 Å². The number of unbranched alkanes of at least 4 members (excludes halogenated alkanes) is 17. The van der Waals surface area contributed by atoms with Crippen molar-refractivity contribution in [3.05, 3.63) is 36.5 Å². The van der Waals surface area contributed by atoms with E-state index in [0.717, 1.165) is 51.4 Å². The Kier molecular flexibility index (Phi) is 27.7. The van der Waals surface area contributed by atoms with Crippen LogP contribution in [-0.2, 0) is 14.9 Å². The van der Waals surface area contributed by atoms with E-state index in [4.69, 9.17) is 0 Å². The van der Waals surface area contributed by atoms with E-state index in [2.05, 4.69) is 43.5 Å². The van der Waals surface area contributed by atoms with Gasteiger partial charge in [0.25, 0.3) is 10.1 Å². The van der Waals surface area contributed by atoms with Crippen LogP contribution in [0.4, 0.5) is 0 Å². The number of rotatable bonds is 29. The zero-order chi connectivity index (χ0) is 30.4. The molecule has 0 heterocycles. The number of nitrogens with one attached hydrogen (secondary N) is 1. The van der Waals surface area contributed by atoms with Gasteiger partial charge >= 0.3 is 0 Å². The zero-order valence-electron chi connectivity index (χ0n) is 26.4. The highest BCUT2D eigenvalue weighted by molar-refractivity contribution is 7.85. The first-order valence-corrected chi connectivity index (χ1v) is 18.3. The van der Waals surface area contributed by atoms with E-state index in [0.29, 0.717) is 6.42 Å². The van der Waals surface area contributed by atoms with Gasteiger partial charge in [-0.2, -0.15) is 8.42 Å². The van der Waals surface area contributed by atoms with Crippen molar-refractivity contribution in [3.63, 3.8) is 0 Å². The summed E-state index contributed by atoms with van der Waals surface area (Å²) in [5.41, 5.74) is 0. The van der Waals surface area contributed by atoms with Gasteiger partial charge < -0.3 is 10.4 Å². The monoisotopic (exact) mass is 597 g/mol. The first-order valence-electron chi connectivity index (χ1n) is 16.7. The van der Waals surface area contributed by atoms with E-state index in [9.17, 15) is 22.9 Å². The van der Waals surface area contributed by atoms with Gasteiger partial charge in [-0.15, -0.1) is 0 Å². The van der Waals surface area contributed by atoms with Crippen molar-refractivity contribution in [1.29, 1.82) is 0 Å². The van der Waals surface area contributed by atoms with Crippen LogP contribution in [0.3, 0.4) is 0 Å². The van der Waals surface area contributed by atoms with E-state index >= 15 is 0 Å². The number of aliphatic hydroxyl groups excluding tert-OH is 1. The first kappa shape index (κ1) is 39.6. The van der Waals surface area contributed by atoms with Gasteiger partial charge in [-0.05, 0) is 57.8 Å². The minimum absolute atomic E-state index is 0.277. The van der Waals surface area contributed by atoms with Gasteiger partial charge in [0.1, 0.15) is 0 Å². The summed E-state index contributed by atoms with van der Waals surface area (Å²) in [5.74, 6) is -1.01. The van der Waals surface area contributed by atoms with E-state index in [1.807, 2.05) is 0 Å². The Labute approximate surface area is 253 Å². The van der Waals surface area contributed by atoms with Crippen molar-refractivity contribution in [2.45, 2.75) is 167 Å². The fourth-order valence-electron chi connectivity index (χ4n) is 4.75. The molecule has 0 spiro atoms. The average molecular weight is 598 g/mol. The molecule has 0 bridgehead atoms. The minimum atomic E-state index is -4.35. The van der Waals surface area contributed by atoms with Gasteiger partial charge in [-0.3, -0.25) is 9.35 Å². The topological polar surface area (TPSA) is 104 Å². The summed E-state index contributed by atoms with van der Waals surface area (Å²) in [6.07, 6.45) is 35.5. The van der Waals surface area contributed by atoms with Crippen LogP contribution in [0.5, 0.6) is 0 Å². The lowest BCUT2D eigenvalue weighted by atomic mass is 10.1. The molecule has 1 amide bonds. The highest BCUT2D eigenvalue weighted by Crippen LogP contribution is 2.11. The molecule has 240 valence electrons. The van der Waals surface area contributed by atoms with Gasteiger partial charge in [0, 0.05) is 6.42 Å². The highest BCUT2D eigenvalue weighted by atomic mass is 32.2. The summed E-state index contributed by atoms with van der Waals surface area (Å²) in [6.45, 7) is 4.46. The molecule has 0 rings (SSSR count). The molecule has 0 aromatic heterocycles. The minimum Gasteiger partial charge on any atom is -0.387 e. The van der Waals surface area contributed by atoms with Crippen molar-refractivity contribution in [3.8, 4) is 0 Å². The molecular weight excluding hydrogens is 534 g/mol. The normalized spacial score (nSPS) is 14.0. The molecule has 0 saturated heterocycles. The predicted molar refractivity (Wildman–Crippen MR) is 175 cm³/mol. The molecule has 0 radical (unpaired) electrons. The summed E-state index contributed by atoms with van der Waals surface area (Å²) >= 11 is 0. The van der Waals surface area contributed by atoms with E-state index in [1.54, 1.807) is 6.08 Å². The molecule has 7 heteroatoms. The molecule has 0 aromatic carbocycles. The molecule has 41 heavy (non-hydrogen) atoms. The summed E-state index contributed by atoms with van der Waals surface area (Å²) in [6, 6.07) is -1.07. The number of carbonyl (C=O) groups excluding carboxylic acids is 1. The van der Waals surface area contributed by atoms with E-state index in [-0.39, 0.29) is 12.3 Å². The molecule has 0 fully saturated rings. The molecule has 0 aromatic rings. The number of aliphatic hydroxyl groups is 1. The van der Waals surface area contributed by atoms with Crippen LogP contribution in [-0.4, -0.2) is 41.9 Å². The van der Waals surface area contributed by atoms with Crippen LogP contribution >= 0.6 is 0 Å². The molecule has 3 N–H and O–H groups in total. The lowest BCUT2D eigenvalue weighted by Crippen LogP contribution is -2.46. The van der Waals surface area contributed by atoms with Crippen LogP contribution in [0.15, 0.2) is 36.5 Å². The SMILES string of the molecule is CCCCCC/C=C\CCCCCCCC(=O)NC(CS(=O)(=O)O)C(O)/C=C/CC/C=C/CCCCCCCCC. The maximum absolute atomic E-state index is 12.4. The Morgan fingerprint density at radius 3 is 1.56 bits per heavy atom. The lowest BCUT2D eigenvalue weighted by Gasteiger charge is -2.21. The van der Waals surface area contributed by atoms with Gasteiger partial charge in [-0.25, -0.2) is 0 Å². The summed E-state index contributed by atoms with van der Waals surface area (Å²) in [4.78, 5) is 12.4. The van der Waals surface area contributed by atoms with Crippen molar-refractivity contribution >= 4 is 16.0 Å². The van der Waals surface area contributed by atoms with Crippen LogP contribution < -0.4 is 5.32 Å². The van der Waals surface area contributed by atoms with E-state index < -0.39 is 28.0 Å². The first-order chi connectivity index (χ1) is 19.8. The third-order valence-electron chi connectivity index (χ3n) is 7.29. The van der Waals surface area contributed by atoms with Crippen LogP contribution in [0, 0.1) is 0 Å². The standard InChI is InChI=1S/C34H63NO5S/c1-3-5-7-9-11-13-15-17-19-21-23-25-27-29-33(36)32(31-41(38,39)40)35-34(37)30-28-26-24-22-20-18-16-14-12-10-8-6-4-2/h14,16,19,21,27,29,32-33,36H,3-13,15,17-18,20,22-26,28,30-31H2,1-2H3,(H,35,37)(H,38,39,40)/b16-14-,21-19+,29-27+. The quantitative estimate of drug-likeness (QED) is 0.0453. The number of carbonyl (C=O) groups is 1. The second-order valence-corrected chi connectivity index (χ2v) is 12.9. The predicted octanol–water partition coefficient (Wildman–Crippen LogP) is 9.01. The zero-order valence-corrected chi connectivity index (χ0v) is 27.2. The van der Waals surface area contributed by atoms with Crippen molar-refractivity contribution in [2.24, 2.45) is 0 Å². The number of hydrogen-bond donors (Lipinski definition) is 3. The molecule has 0 aliphatic rings. The molecule has 2 unspecified atom stereocenters. The van der Waals surface area contributed by atoms with Crippen LogP contribution in [0.2, 0.25) is 0 Å². The smallest absolute Gasteiger partial charge is 0.267 e. The maximum atomic E-state index is 12.4. The Morgan fingerprint density at radius 2 is 1.05 bits per heavy atom. The van der Waals surface area contributed by atoms with Crippen LogP contribution in [0.1, 0.15) is 155 Å². The van der Waals surface area contributed by atoms with E-state index in [1.165, 1.54) is 83.1 Å². The Morgan fingerprint density at radius 1 is 0.634 bits per heavy atom. The van der Waals surface area contributed by atoms with Crippen molar-refractivity contribution in [2.75, 3.05) is 5.75 Å². The maximum Gasteiger partial charge on any atom is 0.267 e. The molecule has 6 nitrogen and oxygen atoms in total. The lowest BCUT2D eigenvalue weighted by molar-refractivity contribution is -0.122. The fourth-order valence-corrected chi connectivity index (χ4v) is 5.49. The van der Waals surface area contributed by atoms with Gasteiger partial charge in [0.05, 0.1) is 17.9 Å². The van der Waals surface area contributed by atoms with Crippen molar-refractivity contribution in [1.82, 2.24) is 5.32 Å². The summed E-state index contributed by atoms with van der Waals surface area (Å²) in [5, 5.41) is 13.1. The van der Waals surface area contributed by atoms with Gasteiger partial charge in [-0.1, -0.05) is 127 Å². The number of allylic oxidation sites excluding steroid dienone is 5. The Bertz CT molecular complexity index is 791. The average Bonchev–Trinajstić information content (AvgIpc) is 2.92. The Balaban J connectivity index is 4.13. The molecule has 0 saturated carbocycles. The third kappa shape index (κ3) is 29.8. The molecule has 0 aliphatic carbocycles. The van der Waals surface area contributed by atoms with Crippen LogP contribution in [0.25, 0.3) is 0 Å².